The van der Waals surface area contributed by atoms with Gasteiger partial charge in [0.1, 0.15) is 5.69 Å². The van der Waals surface area contributed by atoms with Gasteiger partial charge in [-0.05, 0) is 35.5 Å². The molecule has 0 fully saturated rings. The van der Waals surface area contributed by atoms with Crippen LogP contribution in [0.15, 0.2) is 72.8 Å². The van der Waals surface area contributed by atoms with Crippen molar-refractivity contribution < 1.29 is 19.1 Å². The molecule has 3 aromatic carbocycles. The van der Waals surface area contributed by atoms with Gasteiger partial charge in [0.05, 0.1) is 16.9 Å². The first kappa shape index (κ1) is 24.7. The average molecular weight is 530 g/mol. The number of aromatic amines is 2. The Labute approximate surface area is 220 Å². The lowest BCUT2D eigenvalue weighted by molar-refractivity contribution is -0.152. The molecule has 0 bridgehead atoms. The number of aromatic nitrogens is 5. The summed E-state index contributed by atoms with van der Waals surface area (Å²) >= 11 is 6.12. The minimum atomic E-state index is -1.14. The number of anilines is 2. The fourth-order valence-electron chi connectivity index (χ4n) is 3.92. The lowest BCUT2D eigenvalue weighted by Gasteiger charge is -2.17. The van der Waals surface area contributed by atoms with Crippen LogP contribution in [-0.2, 0) is 14.3 Å². The predicted octanol–water partition coefficient (Wildman–Crippen LogP) is 4.50. The number of para-hydroxylation sites is 1. The summed E-state index contributed by atoms with van der Waals surface area (Å²) in [5.74, 6) is -1.29. The van der Waals surface area contributed by atoms with E-state index in [0.29, 0.717) is 38.4 Å². The topological polar surface area (TPSA) is 155 Å². The number of rotatable bonds is 7. The highest BCUT2D eigenvalue weighted by Crippen LogP contribution is 2.30. The SMILES string of the molecule is CC(=O)OC(C(=O)Nc1cccc2cc(C(=O)Nc3ccc(Cl)cc3-c3nn[nH]n3)[nH]c12)c1ccccc1. The Morgan fingerprint density at radius 3 is 2.50 bits per heavy atom. The maximum atomic E-state index is 13.2. The van der Waals surface area contributed by atoms with Crippen molar-refractivity contribution >= 4 is 51.7 Å². The van der Waals surface area contributed by atoms with Gasteiger partial charge in [0.2, 0.25) is 11.9 Å². The summed E-state index contributed by atoms with van der Waals surface area (Å²) in [6.07, 6.45) is -1.14. The zero-order valence-electron chi connectivity index (χ0n) is 19.9. The number of tetrazole rings is 1. The molecule has 0 aliphatic heterocycles. The number of ether oxygens (including phenoxy) is 1. The summed E-state index contributed by atoms with van der Waals surface area (Å²) in [4.78, 5) is 41.0. The van der Waals surface area contributed by atoms with Crippen LogP contribution < -0.4 is 10.6 Å². The van der Waals surface area contributed by atoms with Gasteiger partial charge in [-0.3, -0.25) is 14.4 Å². The minimum absolute atomic E-state index is 0.246. The molecule has 0 saturated carbocycles. The smallest absolute Gasteiger partial charge is 0.303 e. The van der Waals surface area contributed by atoms with Crippen LogP contribution in [0.1, 0.15) is 29.1 Å². The third-order valence-corrected chi connectivity index (χ3v) is 5.83. The number of nitrogens with one attached hydrogen (secondary N) is 4. The van der Waals surface area contributed by atoms with Gasteiger partial charge < -0.3 is 20.4 Å². The van der Waals surface area contributed by atoms with Gasteiger partial charge in [0.25, 0.3) is 11.8 Å². The highest BCUT2D eigenvalue weighted by molar-refractivity contribution is 6.31. The monoisotopic (exact) mass is 529 g/mol. The minimum Gasteiger partial charge on any atom is -0.447 e. The molecule has 2 heterocycles. The molecule has 38 heavy (non-hydrogen) atoms. The van der Waals surface area contributed by atoms with E-state index in [-0.39, 0.29) is 11.5 Å². The van der Waals surface area contributed by atoms with Gasteiger partial charge in [-0.2, -0.15) is 5.21 Å². The molecule has 0 spiro atoms. The molecule has 5 aromatic rings. The van der Waals surface area contributed by atoms with Crippen LogP contribution in [0.4, 0.5) is 11.4 Å². The van der Waals surface area contributed by atoms with Crippen molar-refractivity contribution in [3.05, 3.63) is 89.1 Å². The molecule has 2 aromatic heterocycles. The zero-order chi connectivity index (χ0) is 26.6. The Kier molecular flexibility index (Phi) is 6.83. The summed E-state index contributed by atoms with van der Waals surface area (Å²) in [5.41, 5.74) is 2.63. The first-order valence-corrected chi connectivity index (χ1v) is 11.8. The highest BCUT2D eigenvalue weighted by Gasteiger charge is 2.25. The first-order valence-electron chi connectivity index (χ1n) is 11.4. The van der Waals surface area contributed by atoms with Crippen LogP contribution in [0.3, 0.4) is 0 Å². The molecule has 1 unspecified atom stereocenters. The fraction of sp³-hybridized carbons (Fsp3) is 0.0769. The van der Waals surface area contributed by atoms with Crippen molar-refractivity contribution in [2.24, 2.45) is 0 Å². The van der Waals surface area contributed by atoms with Crippen LogP contribution in [-0.4, -0.2) is 43.4 Å². The molecule has 1 atom stereocenters. The van der Waals surface area contributed by atoms with E-state index in [1.54, 1.807) is 72.8 Å². The molecule has 0 saturated heterocycles. The van der Waals surface area contributed by atoms with Crippen LogP contribution >= 0.6 is 11.6 Å². The molecule has 190 valence electrons. The zero-order valence-corrected chi connectivity index (χ0v) is 20.6. The van der Waals surface area contributed by atoms with E-state index in [9.17, 15) is 14.4 Å². The molecule has 0 radical (unpaired) electrons. The number of hydrogen-bond donors (Lipinski definition) is 4. The third kappa shape index (κ3) is 5.22. The molecule has 11 nitrogen and oxygen atoms in total. The third-order valence-electron chi connectivity index (χ3n) is 5.60. The van der Waals surface area contributed by atoms with E-state index in [1.165, 1.54) is 6.92 Å². The van der Waals surface area contributed by atoms with E-state index < -0.39 is 23.9 Å². The van der Waals surface area contributed by atoms with Crippen molar-refractivity contribution in [3.8, 4) is 11.4 Å². The number of H-pyrrole nitrogens is 2. The largest absolute Gasteiger partial charge is 0.447 e. The first-order chi connectivity index (χ1) is 18.4. The Bertz CT molecular complexity index is 1630. The van der Waals surface area contributed by atoms with E-state index in [4.69, 9.17) is 16.3 Å². The Morgan fingerprint density at radius 2 is 1.76 bits per heavy atom. The predicted molar refractivity (Wildman–Crippen MR) is 140 cm³/mol. The summed E-state index contributed by atoms with van der Waals surface area (Å²) in [6, 6.07) is 20.5. The Morgan fingerprint density at radius 1 is 0.947 bits per heavy atom. The lowest BCUT2D eigenvalue weighted by atomic mass is 10.1. The van der Waals surface area contributed by atoms with Gasteiger partial charge in [-0.25, -0.2) is 0 Å². The number of carbonyl (C=O) groups excluding carboxylic acids is 3. The molecular weight excluding hydrogens is 510 g/mol. The normalized spacial score (nSPS) is 11.6. The molecule has 0 aliphatic carbocycles. The van der Waals surface area contributed by atoms with Crippen molar-refractivity contribution in [1.82, 2.24) is 25.6 Å². The second-order valence-electron chi connectivity index (χ2n) is 8.22. The fourth-order valence-corrected chi connectivity index (χ4v) is 4.10. The number of fused-ring (bicyclic) bond motifs is 1. The number of hydrogen-bond acceptors (Lipinski definition) is 7. The van der Waals surface area contributed by atoms with Gasteiger partial charge in [0.15, 0.2) is 0 Å². The second kappa shape index (κ2) is 10.5. The molecule has 4 N–H and O–H groups in total. The number of nitrogens with zero attached hydrogens (tertiary/aromatic N) is 3. The van der Waals surface area contributed by atoms with Crippen molar-refractivity contribution in [2.45, 2.75) is 13.0 Å². The van der Waals surface area contributed by atoms with Crippen LogP contribution in [0.25, 0.3) is 22.3 Å². The summed E-state index contributed by atoms with van der Waals surface area (Å²) in [7, 11) is 0. The standard InChI is InChI=1S/C26H20ClN7O4/c1-14(35)38-23(15-6-3-2-4-7-15)26(37)30-20-9-5-8-16-12-21(28-22(16)20)25(36)29-19-11-10-17(27)13-18(19)24-31-33-34-32-24/h2-13,23,28H,1H3,(H,29,36)(H,30,37)(H,31,32,33,34). The second-order valence-corrected chi connectivity index (χ2v) is 8.66. The van der Waals surface area contributed by atoms with Crippen molar-refractivity contribution in [2.75, 3.05) is 10.6 Å². The quantitative estimate of drug-likeness (QED) is 0.226. The summed E-state index contributed by atoms with van der Waals surface area (Å²) in [6.45, 7) is 1.24. The summed E-state index contributed by atoms with van der Waals surface area (Å²) in [5, 5.41) is 20.6. The van der Waals surface area contributed by atoms with Crippen LogP contribution in [0.2, 0.25) is 5.02 Å². The Balaban J connectivity index is 1.41. The molecule has 2 amide bonds. The highest BCUT2D eigenvalue weighted by atomic mass is 35.5. The molecule has 5 rings (SSSR count). The van der Waals surface area contributed by atoms with E-state index in [0.717, 1.165) is 0 Å². The molecule has 12 heteroatoms. The van der Waals surface area contributed by atoms with Gasteiger partial charge in [-0.1, -0.05) is 54.1 Å². The van der Waals surface area contributed by atoms with Gasteiger partial charge >= 0.3 is 5.97 Å². The molecular formula is C26H20ClN7O4. The van der Waals surface area contributed by atoms with E-state index >= 15 is 0 Å². The van der Waals surface area contributed by atoms with Gasteiger partial charge in [-0.15, -0.1) is 10.2 Å². The van der Waals surface area contributed by atoms with Crippen molar-refractivity contribution in [3.63, 3.8) is 0 Å². The number of esters is 1. The van der Waals surface area contributed by atoms with Crippen molar-refractivity contribution in [1.29, 1.82) is 0 Å². The number of benzene rings is 3. The molecule has 0 aliphatic rings. The van der Waals surface area contributed by atoms with Crippen LogP contribution in [0, 0.1) is 0 Å². The van der Waals surface area contributed by atoms with Gasteiger partial charge in [0, 0.05) is 28.5 Å². The van der Waals surface area contributed by atoms with Crippen LogP contribution in [0.5, 0.6) is 0 Å². The van der Waals surface area contributed by atoms with E-state index in [2.05, 4.69) is 36.2 Å². The summed E-state index contributed by atoms with van der Waals surface area (Å²) < 4.78 is 5.29. The average Bonchev–Trinajstić information content (AvgIpc) is 3.60. The Hall–Kier alpha value is -5.03. The maximum absolute atomic E-state index is 13.2. The number of amides is 2. The van der Waals surface area contributed by atoms with E-state index in [1.807, 2.05) is 0 Å². The number of halogens is 1. The maximum Gasteiger partial charge on any atom is 0.303 e. The lowest BCUT2D eigenvalue weighted by Crippen LogP contribution is -2.25. The number of carbonyl (C=O) groups is 3.